The maximum atomic E-state index is 13.8. The Kier molecular flexibility index (Phi) is 3.28. The normalized spacial score (nSPS) is 32.9. The molecule has 1 aromatic rings. The number of aliphatic hydroxyl groups is 2. The van der Waals surface area contributed by atoms with E-state index in [4.69, 9.17) is 9.84 Å². The summed E-state index contributed by atoms with van der Waals surface area (Å²) < 4.78 is 19.0. The Hall–Kier alpha value is -1.24. The molecule has 1 saturated heterocycles. The van der Waals surface area contributed by atoms with Crippen molar-refractivity contribution in [1.82, 2.24) is 4.98 Å². The molecule has 3 N–H and O–H groups in total. The van der Waals surface area contributed by atoms with Crippen LogP contribution in [-0.4, -0.2) is 40.2 Å². The van der Waals surface area contributed by atoms with Crippen LogP contribution in [0.15, 0.2) is 17.1 Å². The molecular formula is C11H14FNO4. The Morgan fingerprint density at radius 3 is 2.82 bits per heavy atom. The van der Waals surface area contributed by atoms with Gasteiger partial charge in [-0.05, 0) is 13.0 Å². The minimum atomic E-state index is -1.61. The lowest BCUT2D eigenvalue weighted by Gasteiger charge is -2.13. The number of nitrogens with one attached hydrogen (secondary N) is 1. The summed E-state index contributed by atoms with van der Waals surface area (Å²) in [5.41, 5.74) is 0.645. The van der Waals surface area contributed by atoms with Crippen molar-refractivity contribution >= 4 is 0 Å². The number of hydrogen-bond donors (Lipinski definition) is 3. The molecule has 4 atom stereocenters. The molecule has 0 spiro atoms. The van der Waals surface area contributed by atoms with Crippen LogP contribution < -0.4 is 5.56 Å². The highest BCUT2D eigenvalue weighted by Crippen LogP contribution is 2.35. The Bertz CT molecular complexity index is 461. The maximum absolute atomic E-state index is 13.8. The number of aromatic nitrogens is 1. The third-order valence-electron chi connectivity index (χ3n) is 2.94. The fourth-order valence-corrected chi connectivity index (χ4v) is 1.93. The van der Waals surface area contributed by atoms with Crippen LogP contribution in [0, 0.1) is 6.92 Å². The fourth-order valence-electron chi connectivity index (χ4n) is 1.93. The second kappa shape index (κ2) is 4.56. The second-order valence-corrected chi connectivity index (χ2v) is 4.16. The smallest absolute Gasteiger partial charge is 0.250 e. The third kappa shape index (κ3) is 2.11. The highest BCUT2D eigenvalue weighted by molar-refractivity contribution is 5.22. The minimum absolute atomic E-state index is 0.249. The molecule has 0 bridgehead atoms. The van der Waals surface area contributed by atoms with E-state index in [0.717, 1.165) is 0 Å². The Labute approximate surface area is 96.9 Å². The summed E-state index contributed by atoms with van der Waals surface area (Å²) in [6.45, 7) is 1.16. The molecule has 5 nitrogen and oxygen atoms in total. The van der Waals surface area contributed by atoms with Crippen molar-refractivity contribution in [2.45, 2.75) is 31.4 Å². The van der Waals surface area contributed by atoms with Crippen LogP contribution in [0.4, 0.5) is 4.39 Å². The largest absolute Gasteiger partial charge is 0.394 e. The molecule has 2 heterocycles. The second-order valence-electron chi connectivity index (χ2n) is 4.16. The molecule has 1 aliphatic heterocycles. The molecule has 0 aromatic carbocycles. The van der Waals surface area contributed by atoms with Crippen molar-refractivity contribution in [2.24, 2.45) is 0 Å². The summed E-state index contributed by atoms with van der Waals surface area (Å²) >= 11 is 0. The summed E-state index contributed by atoms with van der Waals surface area (Å²) in [5, 5.41) is 18.4. The summed E-state index contributed by atoms with van der Waals surface area (Å²) in [5.74, 6) is 0. The van der Waals surface area contributed by atoms with E-state index in [1.807, 2.05) is 0 Å². The highest BCUT2D eigenvalue weighted by Gasteiger charge is 2.44. The predicted octanol–water partition coefficient (Wildman–Crippen LogP) is -0.185. The highest BCUT2D eigenvalue weighted by atomic mass is 19.1. The number of H-pyrrole nitrogens is 1. The van der Waals surface area contributed by atoms with Crippen LogP contribution in [0.2, 0.25) is 0 Å². The Morgan fingerprint density at radius 2 is 2.29 bits per heavy atom. The molecule has 1 aromatic heterocycles. The zero-order chi connectivity index (χ0) is 12.6. The summed E-state index contributed by atoms with van der Waals surface area (Å²) in [6, 6.07) is 1.52. The van der Waals surface area contributed by atoms with E-state index < -0.39 is 31.1 Å². The number of alkyl halides is 1. The van der Waals surface area contributed by atoms with Crippen molar-refractivity contribution in [3.8, 4) is 0 Å². The molecular weight excluding hydrogens is 229 g/mol. The van der Waals surface area contributed by atoms with Gasteiger partial charge >= 0.3 is 0 Å². The summed E-state index contributed by atoms with van der Waals surface area (Å²) in [6.07, 6.45) is -3.49. The fraction of sp³-hybridized carbons (Fsp3) is 0.545. The first kappa shape index (κ1) is 12.2. The first-order valence-electron chi connectivity index (χ1n) is 5.32. The van der Waals surface area contributed by atoms with E-state index in [2.05, 4.69) is 4.98 Å². The summed E-state index contributed by atoms with van der Waals surface area (Å²) in [7, 11) is 0. The Morgan fingerprint density at radius 1 is 1.59 bits per heavy atom. The standard InChI is InChI=1S/C11H14FNO4/c1-5-2-6(3-13-11(5)16)10-8(12)9(15)7(4-14)17-10/h2-3,7-10,14-15H,4H2,1H3,(H,13,16)/t7-,8+,9?,10+/m1/s1. The number of aromatic amines is 1. The van der Waals surface area contributed by atoms with Gasteiger partial charge in [0, 0.05) is 17.3 Å². The predicted molar refractivity (Wildman–Crippen MR) is 57.4 cm³/mol. The average Bonchev–Trinajstić information content (AvgIpc) is 2.60. The average molecular weight is 243 g/mol. The van der Waals surface area contributed by atoms with Gasteiger partial charge in [-0.1, -0.05) is 0 Å². The quantitative estimate of drug-likeness (QED) is 0.672. The number of hydrogen-bond acceptors (Lipinski definition) is 4. The number of aliphatic hydroxyl groups excluding tert-OH is 2. The van der Waals surface area contributed by atoms with Crippen molar-refractivity contribution in [3.05, 3.63) is 33.7 Å². The van der Waals surface area contributed by atoms with Crippen LogP contribution in [0.1, 0.15) is 17.2 Å². The monoisotopic (exact) mass is 243 g/mol. The van der Waals surface area contributed by atoms with Gasteiger partial charge in [-0.2, -0.15) is 0 Å². The van der Waals surface area contributed by atoms with Gasteiger partial charge in [0.05, 0.1) is 6.61 Å². The van der Waals surface area contributed by atoms with E-state index in [1.165, 1.54) is 12.3 Å². The molecule has 6 heteroatoms. The first-order valence-corrected chi connectivity index (χ1v) is 5.32. The van der Waals surface area contributed by atoms with Gasteiger partial charge in [0.2, 0.25) is 0 Å². The molecule has 0 aliphatic carbocycles. The molecule has 1 unspecified atom stereocenters. The number of aryl methyl sites for hydroxylation is 1. The minimum Gasteiger partial charge on any atom is -0.394 e. The lowest BCUT2D eigenvalue weighted by Crippen LogP contribution is -2.30. The third-order valence-corrected chi connectivity index (χ3v) is 2.94. The van der Waals surface area contributed by atoms with E-state index in [-0.39, 0.29) is 5.56 Å². The SMILES string of the molecule is Cc1cc([C@@H]2O[C@H](CO)C(O)[C@@H]2F)c[nH]c1=O. The lowest BCUT2D eigenvalue weighted by atomic mass is 10.0. The van der Waals surface area contributed by atoms with E-state index in [9.17, 15) is 14.3 Å². The molecule has 0 radical (unpaired) electrons. The lowest BCUT2D eigenvalue weighted by molar-refractivity contribution is -0.0227. The van der Waals surface area contributed by atoms with Gasteiger partial charge in [-0.15, -0.1) is 0 Å². The number of halogens is 1. The molecule has 0 saturated carbocycles. The van der Waals surface area contributed by atoms with Crippen LogP contribution in [0.3, 0.4) is 0 Å². The molecule has 1 aliphatic rings. The zero-order valence-electron chi connectivity index (χ0n) is 9.26. The van der Waals surface area contributed by atoms with Gasteiger partial charge in [0.25, 0.3) is 5.56 Å². The number of pyridine rings is 1. The van der Waals surface area contributed by atoms with Gasteiger partial charge in [0.15, 0.2) is 6.17 Å². The van der Waals surface area contributed by atoms with Crippen molar-refractivity contribution in [2.75, 3.05) is 6.61 Å². The topological polar surface area (TPSA) is 82.5 Å². The molecule has 1 fully saturated rings. The van der Waals surface area contributed by atoms with Crippen molar-refractivity contribution in [3.63, 3.8) is 0 Å². The molecule has 0 amide bonds. The van der Waals surface area contributed by atoms with E-state index >= 15 is 0 Å². The zero-order valence-corrected chi connectivity index (χ0v) is 9.26. The van der Waals surface area contributed by atoms with Gasteiger partial charge < -0.3 is 19.9 Å². The Balaban J connectivity index is 2.28. The van der Waals surface area contributed by atoms with Gasteiger partial charge in [-0.25, -0.2) is 4.39 Å². The van der Waals surface area contributed by atoms with Crippen LogP contribution in [-0.2, 0) is 4.74 Å². The van der Waals surface area contributed by atoms with Crippen LogP contribution in [0.25, 0.3) is 0 Å². The van der Waals surface area contributed by atoms with Crippen LogP contribution in [0.5, 0.6) is 0 Å². The van der Waals surface area contributed by atoms with Gasteiger partial charge in [-0.3, -0.25) is 4.79 Å². The number of rotatable bonds is 2. The van der Waals surface area contributed by atoms with Crippen LogP contribution >= 0.6 is 0 Å². The molecule has 94 valence electrons. The van der Waals surface area contributed by atoms with E-state index in [0.29, 0.717) is 11.1 Å². The molecule has 17 heavy (non-hydrogen) atoms. The molecule has 2 rings (SSSR count). The van der Waals surface area contributed by atoms with E-state index in [1.54, 1.807) is 6.92 Å². The summed E-state index contributed by atoms with van der Waals surface area (Å²) in [4.78, 5) is 13.6. The number of ether oxygens (including phenoxy) is 1. The first-order chi connectivity index (χ1) is 8.04. The maximum Gasteiger partial charge on any atom is 0.250 e. The van der Waals surface area contributed by atoms with Gasteiger partial charge in [0.1, 0.15) is 18.3 Å². The van der Waals surface area contributed by atoms with Crippen molar-refractivity contribution in [1.29, 1.82) is 0 Å². The van der Waals surface area contributed by atoms with Crippen molar-refractivity contribution < 1.29 is 19.3 Å².